The normalized spacial score (nSPS) is 10.4. The number of ether oxygens (including phenoxy) is 1. The van der Waals surface area contributed by atoms with E-state index in [2.05, 4.69) is 5.32 Å². The maximum Gasteiger partial charge on any atom is 0.254 e. The molecule has 0 aliphatic rings. The predicted octanol–water partition coefficient (Wildman–Crippen LogP) is 3.54. The molecule has 0 aliphatic carbocycles. The van der Waals surface area contributed by atoms with Crippen LogP contribution in [-0.4, -0.2) is 19.1 Å². The molecule has 112 valence electrons. The van der Waals surface area contributed by atoms with Crippen LogP contribution >= 0.6 is 11.3 Å². The van der Waals surface area contributed by atoms with Crippen LogP contribution in [0.25, 0.3) is 11.1 Å². The summed E-state index contributed by atoms with van der Waals surface area (Å²) < 4.78 is 5.43. The average Bonchev–Trinajstić information content (AvgIpc) is 2.88. The lowest BCUT2D eigenvalue weighted by atomic mass is 10.0. The van der Waals surface area contributed by atoms with E-state index < -0.39 is 0 Å². The number of hydrogen-bond donors (Lipinski definition) is 2. The highest BCUT2D eigenvalue weighted by atomic mass is 32.1. The molecule has 1 amide bonds. The second kappa shape index (κ2) is 7.13. The van der Waals surface area contributed by atoms with Crippen LogP contribution in [0.4, 0.5) is 5.00 Å². The Bertz CT molecular complexity index is 605. The van der Waals surface area contributed by atoms with Gasteiger partial charge < -0.3 is 15.8 Å². The van der Waals surface area contributed by atoms with Crippen molar-refractivity contribution in [1.29, 1.82) is 0 Å². The molecule has 0 unspecified atom stereocenters. The zero-order valence-electron chi connectivity index (χ0n) is 12.3. The smallest absolute Gasteiger partial charge is 0.254 e. The molecule has 21 heavy (non-hydrogen) atoms. The minimum atomic E-state index is -0.112. The molecule has 5 heteroatoms. The molecule has 4 nitrogen and oxygen atoms in total. The highest BCUT2D eigenvalue weighted by Gasteiger charge is 2.18. The summed E-state index contributed by atoms with van der Waals surface area (Å²) >= 11 is 1.39. The fraction of sp³-hybridized carbons (Fsp3) is 0.312. The first-order chi connectivity index (χ1) is 10.2. The Labute approximate surface area is 128 Å². The molecule has 1 aromatic carbocycles. The van der Waals surface area contributed by atoms with Crippen molar-refractivity contribution in [2.24, 2.45) is 0 Å². The molecule has 1 heterocycles. The standard InChI is InChI=1S/C16H20N2O2S/c1-3-9-18-16(19)14-13(10-21-15(14)17)11-5-7-12(8-6-11)20-4-2/h5-8,10H,3-4,9,17H2,1-2H3,(H,18,19). The molecule has 2 aromatic rings. The summed E-state index contributed by atoms with van der Waals surface area (Å²) in [4.78, 5) is 12.2. The first-order valence-electron chi connectivity index (χ1n) is 7.05. The summed E-state index contributed by atoms with van der Waals surface area (Å²) in [5.74, 6) is 0.709. The fourth-order valence-electron chi connectivity index (χ4n) is 2.04. The minimum absolute atomic E-state index is 0.112. The van der Waals surface area contributed by atoms with Crippen molar-refractivity contribution < 1.29 is 9.53 Å². The summed E-state index contributed by atoms with van der Waals surface area (Å²) in [7, 11) is 0. The number of thiophene rings is 1. The van der Waals surface area contributed by atoms with Gasteiger partial charge in [0.2, 0.25) is 0 Å². The average molecular weight is 304 g/mol. The Hall–Kier alpha value is -2.01. The number of nitrogens with two attached hydrogens (primary N) is 1. The minimum Gasteiger partial charge on any atom is -0.494 e. The van der Waals surface area contributed by atoms with Gasteiger partial charge in [-0.2, -0.15) is 0 Å². The van der Waals surface area contributed by atoms with Crippen molar-refractivity contribution in [2.75, 3.05) is 18.9 Å². The van der Waals surface area contributed by atoms with Gasteiger partial charge in [0.25, 0.3) is 5.91 Å². The van der Waals surface area contributed by atoms with Gasteiger partial charge in [0.15, 0.2) is 0 Å². The van der Waals surface area contributed by atoms with Gasteiger partial charge in [-0.1, -0.05) is 19.1 Å². The number of rotatable bonds is 6. The van der Waals surface area contributed by atoms with Crippen molar-refractivity contribution in [3.8, 4) is 16.9 Å². The van der Waals surface area contributed by atoms with E-state index in [1.807, 2.05) is 43.5 Å². The van der Waals surface area contributed by atoms with E-state index in [9.17, 15) is 4.79 Å². The van der Waals surface area contributed by atoms with Crippen LogP contribution in [-0.2, 0) is 0 Å². The second-order valence-electron chi connectivity index (χ2n) is 4.60. The van der Waals surface area contributed by atoms with Crippen LogP contribution in [0.2, 0.25) is 0 Å². The van der Waals surface area contributed by atoms with Crippen LogP contribution < -0.4 is 15.8 Å². The summed E-state index contributed by atoms with van der Waals surface area (Å²) in [6.45, 7) is 5.25. The van der Waals surface area contributed by atoms with E-state index in [1.165, 1.54) is 11.3 Å². The first kappa shape index (κ1) is 15.4. The van der Waals surface area contributed by atoms with Gasteiger partial charge in [-0.3, -0.25) is 4.79 Å². The van der Waals surface area contributed by atoms with E-state index >= 15 is 0 Å². The largest absolute Gasteiger partial charge is 0.494 e. The van der Waals surface area contributed by atoms with Gasteiger partial charge in [-0.15, -0.1) is 11.3 Å². The van der Waals surface area contributed by atoms with Crippen molar-refractivity contribution in [1.82, 2.24) is 5.32 Å². The van der Waals surface area contributed by atoms with Gasteiger partial charge in [0.1, 0.15) is 5.75 Å². The number of amides is 1. The van der Waals surface area contributed by atoms with Gasteiger partial charge in [0, 0.05) is 17.5 Å². The molecule has 0 saturated heterocycles. The van der Waals surface area contributed by atoms with Crippen LogP contribution in [0, 0.1) is 0 Å². The molecule has 2 rings (SSSR count). The molecule has 0 saturated carbocycles. The Morgan fingerprint density at radius 2 is 2.00 bits per heavy atom. The zero-order valence-corrected chi connectivity index (χ0v) is 13.1. The number of hydrogen-bond acceptors (Lipinski definition) is 4. The third kappa shape index (κ3) is 3.55. The quantitative estimate of drug-likeness (QED) is 0.858. The third-order valence-corrected chi connectivity index (χ3v) is 3.87. The van der Waals surface area contributed by atoms with Crippen LogP contribution in [0.1, 0.15) is 30.6 Å². The fourth-order valence-corrected chi connectivity index (χ4v) is 2.86. The number of anilines is 1. The number of carbonyl (C=O) groups is 1. The highest BCUT2D eigenvalue weighted by molar-refractivity contribution is 7.15. The van der Waals surface area contributed by atoms with E-state index in [0.29, 0.717) is 23.7 Å². The molecule has 1 aromatic heterocycles. The van der Waals surface area contributed by atoms with E-state index in [4.69, 9.17) is 10.5 Å². The summed E-state index contributed by atoms with van der Waals surface area (Å²) in [6.07, 6.45) is 0.897. The van der Waals surface area contributed by atoms with Crippen LogP contribution in [0.15, 0.2) is 29.6 Å². The third-order valence-electron chi connectivity index (χ3n) is 3.06. The molecular formula is C16H20N2O2S. The van der Waals surface area contributed by atoms with E-state index in [-0.39, 0.29) is 5.91 Å². The van der Waals surface area contributed by atoms with Crippen molar-refractivity contribution in [3.05, 3.63) is 35.2 Å². The van der Waals surface area contributed by atoms with Crippen molar-refractivity contribution >= 4 is 22.2 Å². The van der Waals surface area contributed by atoms with E-state index in [1.54, 1.807) is 0 Å². The molecule has 0 atom stereocenters. The Morgan fingerprint density at radius 3 is 2.62 bits per heavy atom. The highest BCUT2D eigenvalue weighted by Crippen LogP contribution is 2.34. The maximum absolute atomic E-state index is 12.2. The van der Waals surface area contributed by atoms with Gasteiger partial charge in [0.05, 0.1) is 17.2 Å². The second-order valence-corrected chi connectivity index (χ2v) is 5.51. The Kier molecular flexibility index (Phi) is 5.22. The number of nitrogens with one attached hydrogen (secondary N) is 1. The number of nitrogen functional groups attached to an aromatic ring is 1. The van der Waals surface area contributed by atoms with Gasteiger partial charge in [-0.25, -0.2) is 0 Å². The lowest BCUT2D eigenvalue weighted by molar-refractivity contribution is 0.0955. The Morgan fingerprint density at radius 1 is 1.29 bits per heavy atom. The summed E-state index contributed by atoms with van der Waals surface area (Å²) in [5, 5.41) is 5.35. The summed E-state index contributed by atoms with van der Waals surface area (Å²) in [6, 6.07) is 7.70. The van der Waals surface area contributed by atoms with Gasteiger partial charge in [-0.05, 0) is 31.0 Å². The zero-order chi connectivity index (χ0) is 15.2. The number of benzene rings is 1. The van der Waals surface area contributed by atoms with E-state index in [0.717, 1.165) is 23.3 Å². The van der Waals surface area contributed by atoms with Gasteiger partial charge >= 0.3 is 0 Å². The van der Waals surface area contributed by atoms with Crippen molar-refractivity contribution in [3.63, 3.8) is 0 Å². The topological polar surface area (TPSA) is 64.3 Å². The molecule has 3 N–H and O–H groups in total. The van der Waals surface area contributed by atoms with Crippen molar-refractivity contribution in [2.45, 2.75) is 20.3 Å². The molecule has 0 fully saturated rings. The maximum atomic E-state index is 12.2. The predicted molar refractivity (Wildman–Crippen MR) is 88.0 cm³/mol. The molecule has 0 radical (unpaired) electrons. The molecule has 0 spiro atoms. The lowest BCUT2D eigenvalue weighted by Gasteiger charge is -2.08. The SMILES string of the molecule is CCCNC(=O)c1c(-c2ccc(OCC)cc2)csc1N. The molecule has 0 bridgehead atoms. The summed E-state index contributed by atoms with van der Waals surface area (Å²) in [5.41, 5.74) is 8.36. The van der Waals surface area contributed by atoms with Crippen LogP contribution in [0.3, 0.4) is 0 Å². The van der Waals surface area contributed by atoms with Crippen LogP contribution in [0.5, 0.6) is 5.75 Å². The monoisotopic (exact) mass is 304 g/mol. The molecular weight excluding hydrogens is 284 g/mol. The molecule has 0 aliphatic heterocycles. The number of carbonyl (C=O) groups excluding carboxylic acids is 1. The Balaban J connectivity index is 2.29. The first-order valence-corrected chi connectivity index (χ1v) is 7.93. The lowest BCUT2D eigenvalue weighted by Crippen LogP contribution is -2.24.